The monoisotopic (exact) mass is 369 g/mol. The van der Waals surface area contributed by atoms with E-state index in [9.17, 15) is 9.59 Å². The van der Waals surface area contributed by atoms with Crippen molar-refractivity contribution in [2.45, 2.75) is 44.4 Å². The molecule has 0 spiro atoms. The minimum absolute atomic E-state index is 0.0555. The third-order valence-electron chi connectivity index (χ3n) is 5.99. The standard InChI is InChI=1S/C21H20ClNO3/c1-10-6-12(10)19-4-5-20(26-19)14-8-15(14)21(25)23-17-9-13-11(7-16(17)22)2-3-18(13)24/h4-5,7,9-10,12,14-15H,2-3,6,8H2,1H3,(H,23,25). The average molecular weight is 370 g/mol. The number of rotatable bonds is 4. The lowest BCUT2D eigenvalue weighted by Crippen LogP contribution is -2.15. The Morgan fingerprint density at radius 2 is 1.88 bits per heavy atom. The number of carbonyl (C=O) groups is 2. The Balaban J connectivity index is 1.28. The van der Waals surface area contributed by atoms with E-state index in [0.29, 0.717) is 34.5 Å². The predicted molar refractivity (Wildman–Crippen MR) is 98.8 cm³/mol. The SMILES string of the molecule is CC1CC1c1ccc(C2CC2C(=O)Nc2cc3c(cc2Cl)CCC3=O)o1. The number of Topliss-reactive ketones (excluding diaryl/α,β-unsaturated/α-hetero) is 1. The highest BCUT2D eigenvalue weighted by Crippen LogP contribution is 2.52. The molecule has 2 fully saturated rings. The van der Waals surface area contributed by atoms with Crippen LogP contribution in [0.25, 0.3) is 0 Å². The van der Waals surface area contributed by atoms with Crippen molar-refractivity contribution in [1.82, 2.24) is 0 Å². The number of nitrogens with one attached hydrogen (secondary N) is 1. The number of fused-ring (bicyclic) bond motifs is 1. The first-order chi connectivity index (χ1) is 12.5. The number of carbonyl (C=O) groups excluding carboxylic acids is 2. The van der Waals surface area contributed by atoms with Crippen LogP contribution in [0.4, 0.5) is 5.69 Å². The molecular weight excluding hydrogens is 350 g/mol. The van der Waals surface area contributed by atoms with Crippen molar-refractivity contribution in [2.24, 2.45) is 11.8 Å². The summed E-state index contributed by atoms with van der Waals surface area (Å²) in [6.45, 7) is 2.23. The van der Waals surface area contributed by atoms with Crippen molar-refractivity contribution in [1.29, 1.82) is 0 Å². The van der Waals surface area contributed by atoms with E-state index in [1.165, 1.54) is 6.42 Å². The van der Waals surface area contributed by atoms with E-state index in [1.807, 2.05) is 6.07 Å². The summed E-state index contributed by atoms with van der Waals surface area (Å²) >= 11 is 6.29. The minimum atomic E-state index is -0.0920. The maximum atomic E-state index is 12.6. The second-order valence-corrected chi connectivity index (χ2v) is 8.32. The van der Waals surface area contributed by atoms with Gasteiger partial charge in [0.15, 0.2) is 5.78 Å². The van der Waals surface area contributed by atoms with E-state index in [4.69, 9.17) is 16.0 Å². The fourth-order valence-corrected chi connectivity index (χ4v) is 4.30. The third kappa shape index (κ3) is 2.67. The van der Waals surface area contributed by atoms with Gasteiger partial charge in [0.2, 0.25) is 5.91 Å². The number of amides is 1. The molecule has 0 radical (unpaired) electrons. The summed E-state index contributed by atoms with van der Waals surface area (Å²) in [6.07, 6.45) is 3.24. The largest absolute Gasteiger partial charge is 0.465 e. The molecule has 1 N–H and O–H groups in total. The first-order valence-corrected chi connectivity index (χ1v) is 9.65. The van der Waals surface area contributed by atoms with Crippen molar-refractivity contribution in [2.75, 3.05) is 5.32 Å². The zero-order valence-corrected chi connectivity index (χ0v) is 15.3. The number of hydrogen-bond donors (Lipinski definition) is 1. The molecule has 4 atom stereocenters. The van der Waals surface area contributed by atoms with Crippen molar-refractivity contribution >= 4 is 29.0 Å². The van der Waals surface area contributed by atoms with E-state index in [-0.39, 0.29) is 23.5 Å². The zero-order valence-electron chi connectivity index (χ0n) is 14.5. The molecule has 2 aromatic rings. The van der Waals surface area contributed by atoms with Gasteiger partial charge in [-0.05, 0) is 55.0 Å². The van der Waals surface area contributed by atoms with Gasteiger partial charge in [-0.15, -0.1) is 0 Å². The average Bonchev–Trinajstić information content (AvgIpc) is 3.48. The Bertz CT molecular complexity index is 931. The molecule has 134 valence electrons. The molecule has 3 aliphatic carbocycles. The first-order valence-electron chi connectivity index (χ1n) is 9.27. The van der Waals surface area contributed by atoms with E-state index < -0.39 is 0 Å². The number of aryl methyl sites for hydroxylation is 1. The molecule has 4 unspecified atom stereocenters. The van der Waals surface area contributed by atoms with Gasteiger partial charge in [-0.1, -0.05) is 18.5 Å². The molecule has 0 aliphatic heterocycles. The highest BCUT2D eigenvalue weighted by molar-refractivity contribution is 6.34. The van der Waals surface area contributed by atoms with Gasteiger partial charge in [0, 0.05) is 29.7 Å². The van der Waals surface area contributed by atoms with Gasteiger partial charge in [0.05, 0.1) is 10.7 Å². The summed E-state index contributed by atoms with van der Waals surface area (Å²) in [5.74, 6) is 3.34. The van der Waals surface area contributed by atoms with Gasteiger partial charge in [-0.2, -0.15) is 0 Å². The summed E-state index contributed by atoms with van der Waals surface area (Å²) in [5.41, 5.74) is 2.19. The maximum Gasteiger partial charge on any atom is 0.228 e. The zero-order chi connectivity index (χ0) is 18.0. The quantitative estimate of drug-likeness (QED) is 0.831. The van der Waals surface area contributed by atoms with Crippen LogP contribution in [-0.2, 0) is 11.2 Å². The molecule has 26 heavy (non-hydrogen) atoms. The molecule has 5 rings (SSSR count). The van der Waals surface area contributed by atoms with Crippen LogP contribution < -0.4 is 5.32 Å². The lowest BCUT2D eigenvalue weighted by atomic mass is 10.1. The number of benzene rings is 1. The Labute approximate surface area is 156 Å². The topological polar surface area (TPSA) is 59.3 Å². The number of anilines is 1. The Kier molecular flexibility index (Phi) is 3.54. The molecule has 2 saturated carbocycles. The molecule has 0 bridgehead atoms. The fourth-order valence-electron chi connectivity index (χ4n) is 4.07. The first kappa shape index (κ1) is 16.1. The van der Waals surface area contributed by atoms with E-state index in [0.717, 1.165) is 29.9 Å². The van der Waals surface area contributed by atoms with Gasteiger partial charge in [-0.3, -0.25) is 9.59 Å². The van der Waals surface area contributed by atoms with Gasteiger partial charge in [-0.25, -0.2) is 0 Å². The summed E-state index contributed by atoms with van der Waals surface area (Å²) in [7, 11) is 0. The molecule has 0 saturated heterocycles. The van der Waals surface area contributed by atoms with E-state index >= 15 is 0 Å². The van der Waals surface area contributed by atoms with Crippen LogP contribution in [0.1, 0.15) is 65.5 Å². The van der Waals surface area contributed by atoms with Crippen molar-refractivity contribution in [3.8, 4) is 0 Å². The number of furan rings is 1. The maximum absolute atomic E-state index is 12.6. The number of halogens is 1. The Morgan fingerprint density at radius 1 is 1.15 bits per heavy atom. The smallest absolute Gasteiger partial charge is 0.228 e. The minimum Gasteiger partial charge on any atom is -0.465 e. The van der Waals surface area contributed by atoms with Crippen molar-refractivity contribution in [3.63, 3.8) is 0 Å². The summed E-state index contributed by atoms with van der Waals surface area (Å²) in [4.78, 5) is 24.5. The van der Waals surface area contributed by atoms with Crippen LogP contribution >= 0.6 is 11.6 Å². The second kappa shape index (κ2) is 5.71. The second-order valence-electron chi connectivity index (χ2n) is 7.91. The third-order valence-corrected chi connectivity index (χ3v) is 6.30. The molecule has 1 amide bonds. The van der Waals surface area contributed by atoms with Crippen LogP contribution in [0.3, 0.4) is 0 Å². The molecule has 1 aromatic heterocycles. The molecule has 1 aromatic carbocycles. The fraction of sp³-hybridized carbons (Fsp3) is 0.429. The summed E-state index contributed by atoms with van der Waals surface area (Å²) in [5, 5.41) is 3.40. The highest BCUT2D eigenvalue weighted by Gasteiger charge is 2.47. The molecular formula is C21H20ClNO3. The van der Waals surface area contributed by atoms with Crippen LogP contribution in [0.15, 0.2) is 28.7 Å². The summed E-state index contributed by atoms with van der Waals surface area (Å²) < 4.78 is 5.98. The number of hydrogen-bond acceptors (Lipinski definition) is 3. The van der Waals surface area contributed by atoms with Crippen molar-refractivity contribution in [3.05, 3.63) is 51.9 Å². The van der Waals surface area contributed by atoms with Crippen LogP contribution in [0.5, 0.6) is 0 Å². The van der Waals surface area contributed by atoms with Gasteiger partial charge < -0.3 is 9.73 Å². The van der Waals surface area contributed by atoms with Gasteiger partial charge >= 0.3 is 0 Å². The van der Waals surface area contributed by atoms with Gasteiger partial charge in [0.1, 0.15) is 11.5 Å². The molecule has 1 heterocycles. The molecule has 4 nitrogen and oxygen atoms in total. The normalized spacial score (nSPS) is 28.8. The van der Waals surface area contributed by atoms with Crippen LogP contribution in [-0.4, -0.2) is 11.7 Å². The molecule has 3 aliphatic rings. The molecule has 5 heteroatoms. The number of ketones is 1. The predicted octanol–water partition coefficient (Wildman–Crippen LogP) is 4.93. The van der Waals surface area contributed by atoms with Crippen molar-refractivity contribution < 1.29 is 14.0 Å². The van der Waals surface area contributed by atoms with Gasteiger partial charge in [0.25, 0.3) is 0 Å². The van der Waals surface area contributed by atoms with Crippen LogP contribution in [0, 0.1) is 11.8 Å². The van der Waals surface area contributed by atoms with Crippen LogP contribution in [0.2, 0.25) is 5.02 Å². The lowest BCUT2D eigenvalue weighted by molar-refractivity contribution is -0.117. The summed E-state index contributed by atoms with van der Waals surface area (Å²) in [6, 6.07) is 7.60. The van der Waals surface area contributed by atoms with E-state index in [1.54, 1.807) is 12.1 Å². The Morgan fingerprint density at radius 3 is 2.62 bits per heavy atom. The van der Waals surface area contributed by atoms with E-state index in [2.05, 4.69) is 18.3 Å². The highest BCUT2D eigenvalue weighted by atomic mass is 35.5. The Hall–Kier alpha value is -2.07. The lowest BCUT2D eigenvalue weighted by Gasteiger charge is -2.09.